The fourth-order valence-electron chi connectivity index (χ4n) is 1.99. The Labute approximate surface area is 124 Å². The Bertz CT molecular complexity index is 606. The number of nitrogens with two attached hydrogens (primary N) is 1. The van der Waals surface area contributed by atoms with Crippen LogP contribution in [0.3, 0.4) is 0 Å². The summed E-state index contributed by atoms with van der Waals surface area (Å²) >= 11 is 12.0. The van der Waals surface area contributed by atoms with Gasteiger partial charge >= 0.3 is 6.18 Å². The van der Waals surface area contributed by atoms with Gasteiger partial charge in [0.1, 0.15) is 0 Å². The molecule has 0 saturated heterocycles. The van der Waals surface area contributed by atoms with E-state index in [-0.39, 0.29) is 21.2 Å². The molecule has 0 aliphatic heterocycles. The molecule has 1 unspecified atom stereocenters. The molecule has 0 spiro atoms. The number of rotatable bonds is 2. The topological polar surface area (TPSA) is 26.0 Å². The van der Waals surface area contributed by atoms with Crippen LogP contribution in [-0.2, 0) is 6.18 Å². The van der Waals surface area contributed by atoms with Gasteiger partial charge in [-0.3, -0.25) is 0 Å². The van der Waals surface area contributed by atoms with E-state index >= 15 is 0 Å². The molecular formula is C14H10Cl2F3N. The minimum absolute atomic E-state index is 0.0602. The molecule has 0 saturated carbocycles. The quantitative estimate of drug-likeness (QED) is 0.822. The van der Waals surface area contributed by atoms with Crippen LogP contribution >= 0.6 is 23.2 Å². The van der Waals surface area contributed by atoms with Crippen LogP contribution in [0, 0.1) is 0 Å². The third-order valence-electron chi connectivity index (χ3n) is 2.91. The van der Waals surface area contributed by atoms with Crippen molar-refractivity contribution in [2.24, 2.45) is 5.73 Å². The first-order valence-corrected chi connectivity index (χ1v) is 6.43. The molecule has 6 heteroatoms. The van der Waals surface area contributed by atoms with Crippen molar-refractivity contribution in [3.8, 4) is 0 Å². The monoisotopic (exact) mass is 319 g/mol. The van der Waals surface area contributed by atoms with Gasteiger partial charge < -0.3 is 5.73 Å². The summed E-state index contributed by atoms with van der Waals surface area (Å²) in [7, 11) is 0. The summed E-state index contributed by atoms with van der Waals surface area (Å²) in [6, 6.07) is 8.76. The molecule has 20 heavy (non-hydrogen) atoms. The second-order valence-corrected chi connectivity index (χ2v) is 5.01. The van der Waals surface area contributed by atoms with E-state index in [1.807, 2.05) is 0 Å². The maximum absolute atomic E-state index is 13.0. The Hall–Kier alpha value is -1.23. The lowest BCUT2D eigenvalue weighted by Gasteiger charge is -2.20. The molecule has 0 fully saturated rings. The first kappa shape index (κ1) is 15.2. The van der Waals surface area contributed by atoms with Gasteiger partial charge in [0.15, 0.2) is 0 Å². The maximum Gasteiger partial charge on any atom is 0.416 e. The van der Waals surface area contributed by atoms with Crippen molar-refractivity contribution < 1.29 is 13.2 Å². The summed E-state index contributed by atoms with van der Waals surface area (Å²) in [6.07, 6.45) is -4.48. The first-order valence-electron chi connectivity index (χ1n) is 5.68. The van der Waals surface area contributed by atoms with Crippen molar-refractivity contribution >= 4 is 23.2 Å². The van der Waals surface area contributed by atoms with Crippen molar-refractivity contribution in [1.82, 2.24) is 0 Å². The molecule has 0 bridgehead atoms. The summed E-state index contributed by atoms with van der Waals surface area (Å²) in [6.45, 7) is 0. The van der Waals surface area contributed by atoms with Gasteiger partial charge in [0.25, 0.3) is 0 Å². The Morgan fingerprint density at radius 1 is 0.900 bits per heavy atom. The van der Waals surface area contributed by atoms with Gasteiger partial charge in [-0.15, -0.1) is 0 Å². The first-order chi connectivity index (χ1) is 9.32. The van der Waals surface area contributed by atoms with E-state index in [1.54, 1.807) is 18.2 Å². The number of halogens is 5. The van der Waals surface area contributed by atoms with Crippen LogP contribution in [0.25, 0.3) is 0 Å². The van der Waals surface area contributed by atoms with Gasteiger partial charge in [-0.05, 0) is 23.8 Å². The molecule has 0 amide bonds. The van der Waals surface area contributed by atoms with Crippen LogP contribution < -0.4 is 5.73 Å². The zero-order chi connectivity index (χ0) is 14.9. The molecule has 0 aromatic heterocycles. The van der Waals surface area contributed by atoms with Crippen molar-refractivity contribution in [3.63, 3.8) is 0 Å². The molecule has 0 heterocycles. The predicted octanol–water partition coefficient (Wildman–Crippen LogP) is 5.06. The highest BCUT2D eigenvalue weighted by Crippen LogP contribution is 2.39. The molecular weight excluding hydrogens is 310 g/mol. The van der Waals surface area contributed by atoms with Crippen LogP contribution in [-0.4, -0.2) is 0 Å². The zero-order valence-corrected chi connectivity index (χ0v) is 11.6. The SMILES string of the molecule is NC(c1ccccc1C(F)(F)F)c1c(Cl)cccc1Cl. The Balaban J connectivity index is 2.58. The summed E-state index contributed by atoms with van der Waals surface area (Å²) < 4.78 is 39.0. The molecule has 106 valence electrons. The van der Waals surface area contributed by atoms with Gasteiger partial charge in [0.2, 0.25) is 0 Å². The van der Waals surface area contributed by atoms with Crippen LogP contribution in [0.5, 0.6) is 0 Å². The van der Waals surface area contributed by atoms with Gasteiger partial charge in [-0.25, -0.2) is 0 Å². The molecule has 2 N–H and O–H groups in total. The minimum Gasteiger partial charge on any atom is -0.320 e. The van der Waals surface area contributed by atoms with Gasteiger partial charge in [-0.1, -0.05) is 47.5 Å². The normalized spacial score (nSPS) is 13.3. The molecule has 2 aromatic carbocycles. The van der Waals surface area contributed by atoms with Crippen molar-refractivity contribution in [3.05, 3.63) is 69.2 Å². The van der Waals surface area contributed by atoms with E-state index in [0.29, 0.717) is 0 Å². The second kappa shape index (κ2) is 5.64. The molecule has 2 rings (SSSR count). The van der Waals surface area contributed by atoms with Gasteiger partial charge in [0.05, 0.1) is 11.6 Å². The molecule has 0 radical (unpaired) electrons. The Kier molecular flexibility index (Phi) is 4.28. The fraction of sp³-hybridized carbons (Fsp3) is 0.143. The zero-order valence-electron chi connectivity index (χ0n) is 10.1. The lowest BCUT2D eigenvalue weighted by molar-refractivity contribution is -0.138. The van der Waals surface area contributed by atoms with Crippen LogP contribution in [0.15, 0.2) is 42.5 Å². The molecule has 0 aliphatic carbocycles. The minimum atomic E-state index is -4.48. The van der Waals surface area contributed by atoms with Crippen molar-refractivity contribution in [2.75, 3.05) is 0 Å². The molecule has 0 aliphatic rings. The average Bonchev–Trinajstić information content (AvgIpc) is 2.37. The average molecular weight is 320 g/mol. The van der Waals surface area contributed by atoms with Gasteiger partial charge in [0, 0.05) is 15.6 Å². The summed E-state index contributed by atoms with van der Waals surface area (Å²) in [5, 5.41) is 0.476. The van der Waals surface area contributed by atoms with Crippen LogP contribution in [0.2, 0.25) is 10.0 Å². The largest absolute Gasteiger partial charge is 0.416 e. The van der Waals surface area contributed by atoms with E-state index in [9.17, 15) is 13.2 Å². The van der Waals surface area contributed by atoms with E-state index < -0.39 is 17.8 Å². The molecule has 1 atom stereocenters. The second-order valence-electron chi connectivity index (χ2n) is 4.20. The number of hydrogen-bond acceptors (Lipinski definition) is 1. The van der Waals surface area contributed by atoms with Gasteiger partial charge in [-0.2, -0.15) is 13.2 Å². The smallest absolute Gasteiger partial charge is 0.320 e. The van der Waals surface area contributed by atoms with E-state index in [0.717, 1.165) is 6.07 Å². The van der Waals surface area contributed by atoms with E-state index in [2.05, 4.69) is 0 Å². The highest BCUT2D eigenvalue weighted by atomic mass is 35.5. The highest BCUT2D eigenvalue weighted by Gasteiger charge is 2.35. The van der Waals surface area contributed by atoms with Crippen LogP contribution in [0.1, 0.15) is 22.7 Å². The molecule has 2 aromatic rings. The molecule has 1 nitrogen and oxygen atoms in total. The van der Waals surface area contributed by atoms with E-state index in [4.69, 9.17) is 28.9 Å². The van der Waals surface area contributed by atoms with Crippen LogP contribution in [0.4, 0.5) is 13.2 Å². The lowest BCUT2D eigenvalue weighted by atomic mass is 9.95. The third kappa shape index (κ3) is 2.92. The summed E-state index contributed by atoms with van der Waals surface area (Å²) in [5.41, 5.74) is 5.38. The van der Waals surface area contributed by atoms with Crippen molar-refractivity contribution in [2.45, 2.75) is 12.2 Å². The predicted molar refractivity (Wildman–Crippen MR) is 73.9 cm³/mol. The maximum atomic E-state index is 13.0. The standard InChI is InChI=1S/C14H10Cl2F3N/c15-10-6-3-7-11(16)12(10)13(20)8-4-1-2-5-9(8)14(17,18)19/h1-7,13H,20H2. The number of benzene rings is 2. The Morgan fingerprint density at radius 2 is 1.45 bits per heavy atom. The summed E-state index contributed by atoms with van der Waals surface area (Å²) in [5.74, 6) is 0. The number of hydrogen-bond donors (Lipinski definition) is 1. The fourth-order valence-corrected chi connectivity index (χ4v) is 2.62. The van der Waals surface area contributed by atoms with E-state index in [1.165, 1.54) is 18.2 Å². The lowest BCUT2D eigenvalue weighted by Crippen LogP contribution is -2.19. The van der Waals surface area contributed by atoms with Crippen molar-refractivity contribution in [1.29, 1.82) is 0 Å². The Morgan fingerprint density at radius 3 is 2.00 bits per heavy atom. The summed E-state index contributed by atoms with van der Waals surface area (Å²) in [4.78, 5) is 0. The number of alkyl halides is 3. The highest BCUT2D eigenvalue weighted by molar-refractivity contribution is 6.36. The third-order valence-corrected chi connectivity index (χ3v) is 3.57.